The molecule has 0 bridgehead atoms. The number of amides is 2. The maximum Gasteiger partial charge on any atom is 0.256 e. The number of aryl methyl sites for hydroxylation is 1. The minimum atomic E-state index is -0.634. The number of likely N-dealkylation sites (tertiary alicyclic amines) is 1. The van der Waals surface area contributed by atoms with Gasteiger partial charge in [-0.05, 0) is 87.4 Å². The summed E-state index contributed by atoms with van der Waals surface area (Å²) in [4.78, 5) is 32.3. The van der Waals surface area contributed by atoms with Crippen LogP contribution in [0.5, 0.6) is 0 Å². The van der Waals surface area contributed by atoms with E-state index in [9.17, 15) is 9.59 Å². The number of thiocarbonyl (C=S) groups is 1. The van der Waals surface area contributed by atoms with Gasteiger partial charge in [-0.3, -0.25) is 14.5 Å². The second kappa shape index (κ2) is 10.8. The molecular formula is C26H31ClN4O2S. The summed E-state index contributed by atoms with van der Waals surface area (Å²) in [7, 11) is 0. The summed E-state index contributed by atoms with van der Waals surface area (Å²) in [6.45, 7) is 7.83. The molecule has 2 fully saturated rings. The first-order valence-electron chi connectivity index (χ1n) is 11.8. The van der Waals surface area contributed by atoms with E-state index < -0.39 is 6.04 Å². The molecule has 2 amide bonds. The molecule has 0 radical (unpaired) electrons. The quantitative estimate of drug-likeness (QED) is 0.560. The smallest absolute Gasteiger partial charge is 0.256 e. The molecule has 34 heavy (non-hydrogen) atoms. The number of hydrogen-bond donors (Lipinski definition) is 1. The van der Waals surface area contributed by atoms with Crippen molar-refractivity contribution in [2.75, 3.05) is 36.4 Å². The van der Waals surface area contributed by atoms with E-state index >= 15 is 0 Å². The molecule has 0 unspecified atom stereocenters. The molecule has 180 valence electrons. The van der Waals surface area contributed by atoms with Crippen molar-refractivity contribution in [3.05, 3.63) is 59.1 Å². The van der Waals surface area contributed by atoms with Gasteiger partial charge in [-0.1, -0.05) is 36.2 Å². The molecule has 0 aliphatic carbocycles. The third-order valence-electron chi connectivity index (χ3n) is 6.65. The summed E-state index contributed by atoms with van der Waals surface area (Å²) in [6.07, 6.45) is 2.40. The lowest BCUT2D eigenvalue weighted by atomic mass is 9.99. The maximum absolute atomic E-state index is 13.5. The standard InChI is InChI=1S/C26H31ClN4O2S/c1-18-3-9-22(10-4-18)31-25(33)23(17-24(32)28-21-7-5-20(27)6-8-21)30(26(31)34)16-15-29-13-11-19(2)12-14-29/h3-10,19,23H,11-17H2,1-2H3,(H,28,32)/t23-/m0/s1. The van der Waals surface area contributed by atoms with E-state index in [0.29, 0.717) is 22.4 Å². The SMILES string of the molecule is Cc1ccc(N2C(=O)[C@H](CC(=O)Nc3ccc(Cl)cc3)N(CCN3CCC(C)CC3)C2=S)cc1. The number of hydrogen-bond acceptors (Lipinski definition) is 4. The van der Waals surface area contributed by atoms with E-state index in [1.165, 1.54) is 12.8 Å². The van der Waals surface area contributed by atoms with Gasteiger partial charge < -0.3 is 15.1 Å². The van der Waals surface area contributed by atoms with Crippen LogP contribution in [0.4, 0.5) is 11.4 Å². The van der Waals surface area contributed by atoms with E-state index in [0.717, 1.165) is 36.8 Å². The largest absolute Gasteiger partial charge is 0.335 e. The summed E-state index contributed by atoms with van der Waals surface area (Å²) in [5.74, 6) is 0.366. The summed E-state index contributed by atoms with van der Waals surface area (Å²) in [5.41, 5.74) is 2.49. The highest BCUT2D eigenvalue weighted by Gasteiger charge is 2.44. The molecule has 0 spiro atoms. The number of rotatable bonds is 7. The van der Waals surface area contributed by atoms with Crippen molar-refractivity contribution in [3.8, 4) is 0 Å². The Balaban J connectivity index is 1.50. The Morgan fingerprint density at radius 2 is 1.71 bits per heavy atom. The van der Waals surface area contributed by atoms with Gasteiger partial charge in [0.2, 0.25) is 5.91 Å². The fourth-order valence-corrected chi connectivity index (χ4v) is 5.01. The number of nitrogens with zero attached hydrogens (tertiary/aromatic N) is 3. The lowest BCUT2D eigenvalue weighted by Gasteiger charge is -2.32. The fourth-order valence-electron chi connectivity index (χ4n) is 4.47. The minimum Gasteiger partial charge on any atom is -0.335 e. The Bertz CT molecular complexity index is 1040. The second-order valence-electron chi connectivity index (χ2n) is 9.28. The fraction of sp³-hybridized carbons (Fsp3) is 0.423. The van der Waals surface area contributed by atoms with Crippen LogP contribution in [0.15, 0.2) is 48.5 Å². The monoisotopic (exact) mass is 498 g/mol. The second-order valence-corrected chi connectivity index (χ2v) is 10.1. The van der Waals surface area contributed by atoms with E-state index in [1.807, 2.05) is 36.1 Å². The van der Waals surface area contributed by atoms with E-state index in [2.05, 4.69) is 17.1 Å². The van der Waals surface area contributed by atoms with Crippen LogP contribution in [0.25, 0.3) is 0 Å². The van der Waals surface area contributed by atoms with Crippen LogP contribution in [0.1, 0.15) is 31.7 Å². The van der Waals surface area contributed by atoms with Crippen molar-refractivity contribution in [1.29, 1.82) is 0 Å². The zero-order valence-electron chi connectivity index (χ0n) is 19.7. The summed E-state index contributed by atoms with van der Waals surface area (Å²) < 4.78 is 0. The van der Waals surface area contributed by atoms with Crippen LogP contribution in [-0.4, -0.2) is 58.9 Å². The lowest BCUT2D eigenvalue weighted by molar-refractivity contribution is -0.124. The van der Waals surface area contributed by atoms with E-state index in [1.54, 1.807) is 29.2 Å². The zero-order valence-corrected chi connectivity index (χ0v) is 21.2. The highest BCUT2D eigenvalue weighted by atomic mass is 35.5. The van der Waals surface area contributed by atoms with Crippen molar-refractivity contribution in [2.45, 2.75) is 39.2 Å². The molecule has 8 heteroatoms. The lowest BCUT2D eigenvalue weighted by Crippen LogP contribution is -2.44. The van der Waals surface area contributed by atoms with Crippen LogP contribution in [0, 0.1) is 12.8 Å². The Morgan fingerprint density at radius 3 is 2.35 bits per heavy atom. The van der Waals surface area contributed by atoms with Crippen LogP contribution in [0.3, 0.4) is 0 Å². The predicted molar refractivity (Wildman–Crippen MR) is 141 cm³/mol. The van der Waals surface area contributed by atoms with Crippen molar-refractivity contribution < 1.29 is 9.59 Å². The topological polar surface area (TPSA) is 55.9 Å². The molecule has 2 heterocycles. The Kier molecular flexibility index (Phi) is 7.86. The molecule has 0 aromatic heterocycles. The Morgan fingerprint density at radius 1 is 1.06 bits per heavy atom. The highest BCUT2D eigenvalue weighted by Crippen LogP contribution is 2.28. The minimum absolute atomic E-state index is 0.0288. The summed E-state index contributed by atoms with van der Waals surface area (Å²) in [5, 5.41) is 3.94. The van der Waals surface area contributed by atoms with E-state index in [4.69, 9.17) is 23.8 Å². The normalized spacial score (nSPS) is 19.7. The molecule has 1 N–H and O–H groups in total. The van der Waals surface area contributed by atoms with Crippen LogP contribution < -0.4 is 10.2 Å². The Hall–Kier alpha value is -2.48. The van der Waals surface area contributed by atoms with Gasteiger partial charge in [0.1, 0.15) is 6.04 Å². The van der Waals surface area contributed by atoms with Crippen molar-refractivity contribution in [2.24, 2.45) is 5.92 Å². The third kappa shape index (κ3) is 5.77. The molecule has 2 saturated heterocycles. The number of halogens is 1. The van der Waals surface area contributed by atoms with Crippen LogP contribution in [-0.2, 0) is 9.59 Å². The molecule has 2 aliphatic rings. The molecular weight excluding hydrogens is 468 g/mol. The van der Waals surface area contributed by atoms with Crippen LogP contribution >= 0.6 is 23.8 Å². The first kappa shape index (κ1) is 24.6. The van der Waals surface area contributed by atoms with Gasteiger partial charge in [-0.25, -0.2) is 0 Å². The van der Waals surface area contributed by atoms with Gasteiger partial charge in [-0.15, -0.1) is 0 Å². The number of carbonyl (C=O) groups is 2. The zero-order chi connectivity index (χ0) is 24.2. The molecule has 2 aromatic rings. The molecule has 4 rings (SSSR count). The average Bonchev–Trinajstić information content (AvgIpc) is 3.04. The van der Waals surface area contributed by atoms with Gasteiger partial charge in [0.25, 0.3) is 5.91 Å². The number of piperidine rings is 1. The summed E-state index contributed by atoms with van der Waals surface area (Å²) >= 11 is 11.7. The van der Waals surface area contributed by atoms with Gasteiger partial charge in [0.05, 0.1) is 12.1 Å². The number of benzene rings is 2. The third-order valence-corrected chi connectivity index (χ3v) is 7.32. The number of anilines is 2. The molecule has 6 nitrogen and oxygen atoms in total. The van der Waals surface area contributed by atoms with Crippen LogP contribution in [0.2, 0.25) is 5.02 Å². The van der Waals surface area contributed by atoms with Crippen molar-refractivity contribution in [1.82, 2.24) is 9.80 Å². The number of carbonyl (C=O) groups excluding carboxylic acids is 2. The van der Waals surface area contributed by atoms with Gasteiger partial charge in [0, 0.05) is 23.8 Å². The van der Waals surface area contributed by atoms with Gasteiger partial charge in [-0.2, -0.15) is 0 Å². The van der Waals surface area contributed by atoms with E-state index in [-0.39, 0.29) is 18.2 Å². The maximum atomic E-state index is 13.5. The average molecular weight is 499 g/mol. The van der Waals surface area contributed by atoms with Crippen molar-refractivity contribution in [3.63, 3.8) is 0 Å². The molecule has 2 aliphatic heterocycles. The molecule has 0 saturated carbocycles. The van der Waals surface area contributed by atoms with Gasteiger partial charge >= 0.3 is 0 Å². The Labute approximate surface area is 211 Å². The summed E-state index contributed by atoms with van der Waals surface area (Å²) in [6, 6.07) is 14.0. The first-order chi connectivity index (χ1) is 16.3. The van der Waals surface area contributed by atoms with Crippen molar-refractivity contribution >= 4 is 52.1 Å². The molecule has 2 aromatic carbocycles. The first-order valence-corrected chi connectivity index (χ1v) is 12.6. The molecule has 1 atom stereocenters. The number of nitrogens with one attached hydrogen (secondary N) is 1. The highest BCUT2D eigenvalue weighted by molar-refractivity contribution is 7.80. The predicted octanol–water partition coefficient (Wildman–Crippen LogP) is 4.71. The van der Waals surface area contributed by atoms with Gasteiger partial charge in [0.15, 0.2) is 5.11 Å².